The molecule has 7 aliphatic heterocycles. The summed E-state index contributed by atoms with van der Waals surface area (Å²) in [7, 11) is 0. The molecule has 0 bridgehead atoms. The van der Waals surface area contributed by atoms with Crippen molar-refractivity contribution in [3.63, 3.8) is 0 Å². The Labute approximate surface area is 602 Å². The quantitative estimate of drug-likeness (QED) is 0.140. The number of nitrogens with zero attached hydrogens (tertiary/aromatic N) is 6. The summed E-state index contributed by atoms with van der Waals surface area (Å²) in [6.45, 7) is -0.343. The third-order valence-electron chi connectivity index (χ3n) is 22.5. The first-order chi connectivity index (χ1) is 51.2. The Hall–Kier alpha value is -13.1. The fourth-order valence-electron chi connectivity index (χ4n) is 18.4. The van der Waals surface area contributed by atoms with Gasteiger partial charge in [-0.15, -0.1) is 0 Å². The third kappa shape index (κ3) is 7.94. The molecule has 16 aromatic rings. The summed E-state index contributed by atoms with van der Waals surface area (Å²) in [5, 5.41) is 0. The van der Waals surface area contributed by atoms with Gasteiger partial charge in [0.15, 0.2) is 0 Å². The highest BCUT2D eigenvalue weighted by Gasteiger charge is 2.56. The standard InChI is InChI=1S/C94H58B2N6S/c1-9-29-59(30-10-1)65-53-71(63-37-17-5-18-38-63)86-81(56-65)101-79-49-27-48-78-85(79)96(74-55-67(61-33-13-3-14-34-61)58-83(89(74)101)97(86)68-41-21-7-22-42-68)94-92-91-93(103-94)95-73-52-51-70(62-35-15-4-16-36-62)88-90(73)102(80-50-28-47-77(84(80)95)99(91)75-45-25-26-46-76(75)100(78)92)82-57-66(60-31-11-2-12-32-60)54-72(64-39-19-6-20-40-64)87(82)98(88)69-43-23-8-24-44-69/h1-58H. The Bertz CT molecular complexity index is 6220. The van der Waals surface area contributed by atoms with Crippen molar-refractivity contribution in [2.24, 2.45) is 0 Å². The average Bonchev–Trinajstić information content (AvgIpc) is 1.62. The minimum atomic E-state index is -0.177. The van der Waals surface area contributed by atoms with Gasteiger partial charge in [0, 0.05) is 60.4 Å². The van der Waals surface area contributed by atoms with Crippen molar-refractivity contribution in [3.05, 3.63) is 352 Å². The van der Waals surface area contributed by atoms with E-state index in [1.165, 1.54) is 105 Å². The molecule has 0 amide bonds. The molecule has 8 heterocycles. The van der Waals surface area contributed by atoms with Crippen LogP contribution < -0.4 is 60.8 Å². The predicted octanol–water partition coefficient (Wildman–Crippen LogP) is 21.8. The van der Waals surface area contributed by atoms with Crippen LogP contribution in [-0.2, 0) is 0 Å². The molecule has 7 aliphatic rings. The van der Waals surface area contributed by atoms with Crippen molar-refractivity contribution >= 4 is 159 Å². The number of hydrogen-bond donors (Lipinski definition) is 0. The summed E-state index contributed by atoms with van der Waals surface area (Å²) in [5.74, 6) is 0. The maximum Gasteiger partial charge on any atom is 0.264 e. The predicted molar refractivity (Wildman–Crippen MR) is 435 cm³/mol. The normalized spacial score (nSPS) is 13.7. The van der Waals surface area contributed by atoms with Gasteiger partial charge in [0.2, 0.25) is 0 Å². The zero-order valence-electron chi connectivity index (χ0n) is 55.7. The van der Waals surface area contributed by atoms with Crippen LogP contribution in [0.25, 0.3) is 66.8 Å². The lowest BCUT2D eigenvalue weighted by Gasteiger charge is -2.51. The number of rotatable bonds is 8. The zero-order valence-corrected chi connectivity index (χ0v) is 56.5. The van der Waals surface area contributed by atoms with Gasteiger partial charge >= 0.3 is 0 Å². The summed E-state index contributed by atoms with van der Waals surface area (Å²) >= 11 is 2.05. The Morgan fingerprint density at radius 1 is 0.184 bits per heavy atom. The highest BCUT2D eigenvalue weighted by molar-refractivity contribution is 7.39. The van der Waals surface area contributed by atoms with E-state index in [-0.39, 0.29) is 13.4 Å². The summed E-state index contributed by atoms with van der Waals surface area (Å²) in [6.07, 6.45) is 0. The number of anilines is 18. The number of fused-ring (bicyclic) bond motifs is 15. The van der Waals surface area contributed by atoms with Crippen LogP contribution in [-0.4, -0.2) is 13.4 Å². The van der Waals surface area contributed by atoms with Crippen LogP contribution in [0.2, 0.25) is 0 Å². The Kier molecular flexibility index (Phi) is 12.0. The monoisotopic (exact) mass is 1320 g/mol. The van der Waals surface area contributed by atoms with Crippen molar-refractivity contribution in [1.29, 1.82) is 0 Å². The maximum absolute atomic E-state index is 2.68. The molecule has 476 valence electrons. The van der Waals surface area contributed by atoms with Crippen LogP contribution in [0.1, 0.15) is 0 Å². The number of thiophene rings is 1. The molecule has 0 saturated heterocycles. The molecule has 6 nitrogen and oxygen atoms in total. The SMILES string of the molecule is c1ccc(-c2cc3c4c(c2)N(c2ccccc2)c2c(-c5ccccc5)cc(-c5ccccc5)cc2N4c2cccc4c2B3c2sc3c5c2N4c2ccccc2N5c2cccc4c2B3c2ccc(-c3ccccc3)c3c2N4c2cc(-c4ccccc4)cc(-c4ccccc4)c2N3c2ccccc2)cc1. The molecule has 0 aliphatic carbocycles. The van der Waals surface area contributed by atoms with E-state index in [1.54, 1.807) is 0 Å². The van der Waals surface area contributed by atoms with Crippen LogP contribution in [0.15, 0.2) is 352 Å². The topological polar surface area (TPSA) is 19.4 Å². The van der Waals surface area contributed by atoms with Gasteiger partial charge in [0.1, 0.15) is 0 Å². The fourth-order valence-corrected chi connectivity index (χ4v) is 19.9. The van der Waals surface area contributed by atoms with Gasteiger partial charge in [-0.1, -0.05) is 261 Å². The van der Waals surface area contributed by atoms with Gasteiger partial charge in [0.25, 0.3) is 13.4 Å². The molecule has 0 saturated carbocycles. The molecular weight excluding hydrogens is 1270 g/mol. The second-order valence-corrected chi connectivity index (χ2v) is 28.9. The van der Waals surface area contributed by atoms with Gasteiger partial charge < -0.3 is 29.4 Å². The number of benzene rings is 15. The molecule has 0 unspecified atom stereocenters. The summed E-state index contributed by atoms with van der Waals surface area (Å²) < 4.78 is 2.69. The van der Waals surface area contributed by atoms with Gasteiger partial charge in [0.05, 0.1) is 68.2 Å². The summed E-state index contributed by atoms with van der Waals surface area (Å²) in [5.41, 5.74) is 40.2. The van der Waals surface area contributed by atoms with Crippen molar-refractivity contribution < 1.29 is 0 Å². The van der Waals surface area contributed by atoms with Gasteiger partial charge in [-0.05, 0) is 163 Å². The van der Waals surface area contributed by atoms with Crippen LogP contribution in [0.5, 0.6) is 0 Å². The first-order valence-electron chi connectivity index (χ1n) is 35.6. The summed E-state index contributed by atoms with van der Waals surface area (Å²) in [4.78, 5) is 15.9. The zero-order chi connectivity index (χ0) is 67.1. The lowest BCUT2D eigenvalue weighted by molar-refractivity contribution is 1.16. The number of hydrogen-bond acceptors (Lipinski definition) is 7. The van der Waals surface area contributed by atoms with Crippen molar-refractivity contribution in [2.75, 3.05) is 29.4 Å². The molecule has 0 atom stereocenters. The molecular formula is C94H58B2N6S. The molecule has 0 fully saturated rings. The van der Waals surface area contributed by atoms with E-state index < -0.39 is 0 Å². The van der Waals surface area contributed by atoms with Gasteiger partial charge in [-0.25, -0.2) is 0 Å². The van der Waals surface area contributed by atoms with E-state index in [2.05, 4.69) is 381 Å². The minimum Gasteiger partial charge on any atom is -0.307 e. The van der Waals surface area contributed by atoms with E-state index >= 15 is 0 Å². The second kappa shape index (κ2) is 21.7. The van der Waals surface area contributed by atoms with Gasteiger partial charge in [-0.2, -0.15) is 11.3 Å². The first-order valence-corrected chi connectivity index (χ1v) is 36.5. The van der Waals surface area contributed by atoms with Crippen molar-refractivity contribution in [3.8, 4) is 66.8 Å². The van der Waals surface area contributed by atoms with E-state index in [0.29, 0.717) is 0 Å². The van der Waals surface area contributed by atoms with E-state index in [1.807, 2.05) is 11.3 Å². The number of para-hydroxylation sites is 4. The molecule has 0 N–H and O–H groups in total. The highest BCUT2D eigenvalue weighted by Crippen LogP contribution is 2.66. The highest BCUT2D eigenvalue weighted by atomic mass is 32.1. The van der Waals surface area contributed by atoms with E-state index in [9.17, 15) is 0 Å². The Morgan fingerprint density at radius 3 is 0.961 bits per heavy atom. The van der Waals surface area contributed by atoms with E-state index in [4.69, 9.17) is 0 Å². The van der Waals surface area contributed by atoms with Crippen LogP contribution >= 0.6 is 11.3 Å². The lowest BCUT2D eigenvalue weighted by Crippen LogP contribution is -2.61. The molecule has 15 aromatic carbocycles. The molecule has 23 rings (SSSR count). The maximum atomic E-state index is 2.68. The van der Waals surface area contributed by atoms with E-state index in [0.717, 1.165) is 95.8 Å². The molecule has 1 aromatic heterocycles. The molecule has 0 spiro atoms. The second-order valence-electron chi connectivity index (χ2n) is 27.8. The summed E-state index contributed by atoms with van der Waals surface area (Å²) in [6, 6.07) is 132. The molecule has 0 radical (unpaired) electrons. The Morgan fingerprint density at radius 2 is 0.515 bits per heavy atom. The minimum absolute atomic E-state index is 0.166. The van der Waals surface area contributed by atoms with Crippen molar-refractivity contribution in [2.45, 2.75) is 0 Å². The van der Waals surface area contributed by atoms with Gasteiger partial charge in [-0.3, -0.25) is 0 Å². The Balaban J connectivity index is 0.834. The van der Waals surface area contributed by atoms with Crippen LogP contribution in [0.3, 0.4) is 0 Å². The smallest absolute Gasteiger partial charge is 0.264 e. The lowest BCUT2D eigenvalue weighted by atomic mass is 9.34. The molecule has 9 heteroatoms. The van der Waals surface area contributed by atoms with Crippen LogP contribution in [0, 0.1) is 0 Å². The molecule has 103 heavy (non-hydrogen) atoms. The van der Waals surface area contributed by atoms with Crippen LogP contribution in [0.4, 0.5) is 102 Å². The van der Waals surface area contributed by atoms with Crippen molar-refractivity contribution in [1.82, 2.24) is 0 Å². The third-order valence-corrected chi connectivity index (χ3v) is 23.8. The first kappa shape index (κ1) is 56.8. The average molecular weight is 1330 g/mol. The fraction of sp³-hybridized carbons (Fsp3) is 0. The largest absolute Gasteiger partial charge is 0.307 e.